The van der Waals surface area contributed by atoms with Crippen molar-refractivity contribution in [2.75, 3.05) is 13.1 Å². The van der Waals surface area contributed by atoms with Gasteiger partial charge in [0.05, 0.1) is 11.3 Å². The number of carboxylic acid groups (broad SMARTS) is 1. The highest BCUT2D eigenvalue weighted by atomic mass is 16.4. The third-order valence-corrected chi connectivity index (χ3v) is 3.90. The van der Waals surface area contributed by atoms with Crippen LogP contribution in [-0.4, -0.2) is 30.1 Å². The molecule has 0 aromatic heterocycles. The van der Waals surface area contributed by atoms with Gasteiger partial charge in [0.2, 0.25) is 5.91 Å². The van der Waals surface area contributed by atoms with E-state index in [0.29, 0.717) is 13.0 Å². The number of carboxylic acids is 1. The van der Waals surface area contributed by atoms with Crippen molar-refractivity contribution in [1.82, 2.24) is 5.32 Å². The largest absolute Gasteiger partial charge is 0.481 e. The molecule has 0 bridgehead atoms. The summed E-state index contributed by atoms with van der Waals surface area (Å²) in [6.45, 7) is 6.53. The van der Waals surface area contributed by atoms with Crippen LogP contribution in [-0.2, 0) is 9.59 Å². The average Bonchev–Trinajstić information content (AvgIpc) is 2.21. The maximum Gasteiger partial charge on any atom is 0.308 e. The number of rotatable bonds is 6. The second-order valence-corrected chi connectivity index (χ2v) is 6.85. The van der Waals surface area contributed by atoms with Gasteiger partial charge in [-0.15, -0.1) is 0 Å². The predicted octanol–water partition coefficient (Wildman–Crippen LogP) is 1.37. The van der Waals surface area contributed by atoms with Gasteiger partial charge in [0.15, 0.2) is 0 Å². The Morgan fingerprint density at radius 1 is 1.37 bits per heavy atom. The van der Waals surface area contributed by atoms with Crippen LogP contribution in [0, 0.1) is 16.7 Å². The third kappa shape index (κ3) is 4.20. The Balaban J connectivity index is 2.52. The first-order chi connectivity index (χ1) is 8.70. The quantitative estimate of drug-likeness (QED) is 0.679. The van der Waals surface area contributed by atoms with Gasteiger partial charge in [-0.25, -0.2) is 0 Å². The molecule has 19 heavy (non-hydrogen) atoms. The molecule has 0 aromatic rings. The Morgan fingerprint density at radius 2 is 1.95 bits per heavy atom. The van der Waals surface area contributed by atoms with Gasteiger partial charge >= 0.3 is 5.97 Å². The Labute approximate surface area is 114 Å². The van der Waals surface area contributed by atoms with E-state index >= 15 is 0 Å². The van der Waals surface area contributed by atoms with E-state index in [0.717, 1.165) is 19.3 Å². The number of carbonyl (C=O) groups is 2. The number of carbonyl (C=O) groups excluding carboxylic acids is 1. The normalized spacial score (nSPS) is 19.4. The molecule has 4 N–H and O–H groups in total. The van der Waals surface area contributed by atoms with Crippen LogP contribution in [0.4, 0.5) is 0 Å². The summed E-state index contributed by atoms with van der Waals surface area (Å²) in [6.07, 6.45) is 3.19. The van der Waals surface area contributed by atoms with Gasteiger partial charge < -0.3 is 16.2 Å². The molecule has 1 saturated carbocycles. The molecule has 1 rings (SSSR count). The molecule has 110 valence electrons. The lowest BCUT2D eigenvalue weighted by Gasteiger charge is -2.39. The Bertz CT molecular complexity index is 338. The van der Waals surface area contributed by atoms with E-state index in [1.807, 2.05) is 20.8 Å². The van der Waals surface area contributed by atoms with Crippen molar-refractivity contribution in [2.45, 2.75) is 46.5 Å². The van der Waals surface area contributed by atoms with Gasteiger partial charge in [-0.3, -0.25) is 9.59 Å². The molecule has 0 spiro atoms. The van der Waals surface area contributed by atoms with Gasteiger partial charge in [0.1, 0.15) is 0 Å². The smallest absolute Gasteiger partial charge is 0.308 e. The fourth-order valence-corrected chi connectivity index (χ4v) is 2.52. The second-order valence-electron chi connectivity index (χ2n) is 6.85. The molecule has 1 amide bonds. The monoisotopic (exact) mass is 270 g/mol. The number of nitrogens with one attached hydrogen (secondary N) is 1. The fraction of sp³-hybridized carbons (Fsp3) is 0.857. The van der Waals surface area contributed by atoms with Gasteiger partial charge in [-0.05, 0) is 24.7 Å². The lowest BCUT2D eigenvalue weighted by atomic mass is 9.68. The average molecular weight is 270 g/mol. The van der Waals surface area contributed by atoms with Crippen LogP contribution in [0.5, 0.6) is 0 Å². The number of amides is 1. The molecular formula is C14H26N2O3. The molecular weight excluding hydrogens is 244 g/mol. The summed E-state index contributed by atoms with van der Waals surface area (Å²) >= 11 is 0. The van der Waals surface area contributed by atoms with E-state index in [2.05, 4.69) is 5.32 Å². The van der Waals surface area contributed by atoms with Crippen LogP contribution in [0.25, 0.3) is 0 Å². The Kier molecular flexibility index (Phi) is 4.96. The van der Waals surface area contributed by atoms with Crippen LogP contribution in [0.15, 0.2) is 0 Å². The zero-order chi connectivity index (χ0) is 14.7. The number of hydrogen-bond acceptors (Lipinski definition) is 3. The summed E-state index contributed by atoms with van der Waals surface area (Å²) < 4.78 is 0. The number of aliphatic carboxylic acids is 1. The first-order valence-electron chi connectivity index (χ1n) is 6.91. The molecule has 5 heteroatoms. The van der Waals surface area contributed by atoms with Crippen molar-refractivity contribution in [1.29, 1.82) is 0 Å². The summed E-state index contributed by atoms with van der Waals surface area (Å²) in [6, 6.07) is 0. The molecule has 0 aliphatic heterocycles. The van der Waals surface area contributed by atoms with E-state index in [9.17, 15) is 14.7 Å². The molecule has 0 heterocycles. The zero-order valence-corrected chi connectivity index (χ0v) is 12.2. The van der Waals surface area contributed by atoms with E-state index in [-0.39, 0.29) is 17.9 Å². The minimum absolute atomic E-state index is 0.0736. The van der Waals surface area contributed by atoms with Crippen molar-refractivity contribution < 1.29 is 14.7 Å². The summed E-state index contributed by atoms with van der Waals surface area (Å²) in [5, 5.41) is 12.0. The van der Waals surface area contributed by atoms with Crippen LogP contribution >= 0.6 is 0 Å². The van der Waals surface area contributed by atoms with E-state index < -0.39 is 17.3 Å². The number of hydrogen-bond donors (Lipinski definition) is 3. The standard InChI is InChI=1S/C14H26N2O3/c1-13(2,3)7-10(11(17)18)8-16-12(19)14(9-15)5-4-6-14/h10H,4-9,15H2,1-3H3,(H,16,19)(H,17,18). The van der Waals surface area contributed by atoms with Gasteiger partial charge in [-0.1, -0.05) is 27.2 Å². The van der Waals surface area contributed by atoms with Crippen molar-refractivity contribution in [3.05, 3.63) is 0 Å². The molecule has 0 saturated heterocycles. The van der Waals surface area contributed by atoms with Crippen LogP contribution < -0.4 is 11.1 Å². The van der Waals surface area contributed by atoms with Crippen LogP contribution in [0.1, 0.15) is 46.5 Å². The minimum Gasteiger partial charge on any atom is -0.481 e. The van der Waals surface area contributed by atoms with Crippen molar-refractivity contribution in [2.24, 2.45) is 22.5 Å². The van der Waals surface area contributed by atoms with E-state index in [1.54, 1.807) is 0 Å². The summed E-state index contributed by atoms with van der Waals surface area (Å²) in [4.78, 5) is 23.3. The molecule has 1 aliphatic carbocycles. The topological polar surface area (TPSA) is 92.4 Å². The maximum atomic E-state index is 12.1. The molecule has 1 unspecified atom stereocenters. The second kappa shape index (κ2) is 5.90. The third-order valence-electron chi connectivity index (χ3n) is 3.90. The Hall–Kier alpha value is -1.10. The van der Waals surface area contributed by atoms with Crippen molar-refractivity contribution >= 4 is 11.9 Å². The summed E-state index contributed by atoms with van der Waals surface area (Å²) in [5.74, 6) is -1.48. The fourth-order valence-electron chi connectivity index (χ4n) is 2.52. The number of nitrogens with two attached hydrogens (primary N) is 1. The van der Waals surface area contributed by atoms with Gasteiger partial charge in [0, 0.05) is 13.1 Å². The Morgan fingerprint density at radius 3 is 2.26 bits per heavy atom. The first-order valence-corrected chi connectivity index (χ1v) is 6.91. The molecule has 1 atom stereocenters. The molecule has 1 aliphatic rings. The lowest BCUT2D eigenvalue weighted by Crippen LogP contribution is -2.51. The molecule has 1 fully saturated rings. The minimum atomic E-state index is -0.856. The van der Waals surface area contributed by atoms with Gasteiger partial charge in [-0.2, -0.15) is 0 Å². The van der Waals surface area contributed by atoms with Crippen LogP contribution in [0.3, 0.4) is 0 Å². The first kappa shape index (κ1) is 16.0. The SMILES string of the molecule is CC(C)(C)CC(CNC(=O)C1(CN)CCC1)C(=O)O. The van der Waals surface area contributed by atoms with E-state index in [4.69, 9.17) is 5.73 Å². The summed E-state index contributed by atoms with van der Waals surface area (Å²) in [7, 11) is 0. The highest BCUT2D eigenvalue weighted by molar-refractivity contribution is 5.84. The predicted molar refractivity (Wildman–Crippen MR) is 73.5 cm³/mol. The molecule has 0 aromatic carbocycles. The molecule has 5 nitrogen and oxygen atoms in total. The molecule has 0 radical (unpaired) electrons. The highest BCUT2D eigenvalue weighted by Crippen LogP contribution is 2.40. The van der Waals surface area contributed by atoms with Crippen molar-refractivity contribution in [3.8, 4) is 0 Å². The van der Waals surface area contributed by atoms with Crippen molar-refractivity contribution in [3.63, 3.8) is 0 Å². The summed E-state index contributed by atoms with van der Waals surface area (Å²) in [5.41, 5.74) is 5.15. The highest BCUT2D eigenvalue weighted by Gasteiger charge is 2.43. The zero-order valence-electron chi connectivity index (χ0n) is 12.2. The van der Waals surface area contributed by atoms with E-state index in [1.165, 1.54) is 0 Å². The maximum absolute atomic E-state index is 12.1. The van der Waals surface area contributed by atoms with Crippen LogP contribution in [0.2, 0.25) is 0 Å². The lowest BCUT2D eigenvalue weighted by molar-refractivity contribution is -0.143. The van der Waals surface area contributed by atoms with Gasteiger partial charge in [0.25, 0.3) is 0 Å².